The number of halogens is 1. The van der Waals surface area contributed by atoms with Crippen LogP contribution in [0.4, 0.5) is 0 Å². The van der Waals surface area contributed by atoms with E-state index in [1.807, 2.05) is 24.3 Å². The first kappa shape index (κ1) is 12.7. The van der Waals surface area contributed by atoms with Gasteiger partial charge >= 0.3 is 0 Å². The highest BCUT2D eigenvalue weighted by Crippen LogP contribution is 2.35. The van der Waals surface area contributed by atoms with Gasteiger partial charge in [0.15, 0.2) is 5.78 Å². The first-order valence-corrected chi connectivity index (χ1v) is 5.95. The minimum absolute atomic E-state index is 0.0165. The Morgan fingerprint density at radius 1 is 1.11 bits per heavy atom. The van der Waals surface area contributed by atoms with E-state index in [2.05, 4.69) is 0 Å². The van der Waals surface area contributed by atoms with Gasteiger partial charge in [0.1, 0.15) is 5.75 Å². The lowest BCUT2D eigenvalue weighted by Crippen LogP contribution is -1.94. The van der Waals surface area contributed by atoms with E-state index in [0.29, 0.717) is 10.6 Å². The van der Waals surface area contributed by atoms with Crippen LogP contribution in [-0.4, -0.2) is 12.9 Å². The molecule has 2 aromatic rings. The van der Waals surface area contributed by atoms with E-state index in [1.165, 1.54) is 6.92 Å². The molecule has 2 aromatic carbocycles. The van der Waals surface area contributed by atoms with Gasteiger partial charge < -0.3 is 4.74 Å². The van der Waals surface area contributed by atoms with Gasteiger partial charge in [-0.3, -0.25) is 4.79 Å². The van der Waals surface area contributed by atoms with Crippen molar-refractivity contribution in [2.24, 2.45) is 0 Å². The second-order valence-electron chi connectivity index (χ2n) is 3.95. The van der Waals surface area contributed by atoms with E-state index in [-0.39, 0.29) is 5.78 Å². The van der Waals surface area contributed by atoms with Crippen molar-refractivity contribution in [1.82, 2.24) is 0 Å². The maximum Gasteiger partial charge on any atom is 0.159 e. The summed E-state index contributed by atoms with van der Waals surface area (Å²) in [6, 6.07) is 12.8. The van der Waals surface area contributed by atoms with Crippen molar-refractivity contribution in [1.29, 1.82) is 0 Å². The summed E-state index contributed by atoms with van der Waals surface area (Å²) >= 11 is 6.20. The number of carbonyl (C=O) groups excluding carboxylic acids is 1. The van der Waals surface area contributed by atoms with E-state index >= 15 is 0 Å². The SMILES string of the molecule is COc1ccccc1-c1cc(C(C)=O)ccc1Cl. The van der Waals surface area contributed by atoms with Crippen molar-refractivity contribution in [2.45, 2.75) is 6.92 Å². The van der Waals surface area contributed by atoms with Crippen molar-refractivity contribution in [2.75, 3.05) is 7.11 Å². The number of para-hydroxylation sites is 1. The van der Waals surface area contributed by atoms with Crippen molar-refractivity contribution in [3.8, 4) is 16.9 Å². The summed E-state index contributed by atoms with van der Waals surface area (Å²) in [6.07, 6.45) is 0. The Balaban J connectivity index is 2.62. The Hall–Kier alpha value is -1.80. The summed E-state index contributed by atoms with van der Waals surface area (Å²) in [7, 11) is 1.61. The number of hydrogen-bond donors (Lipinski definition) is 0. The lowest BCUT2D eigenvalue weighted by Gasteiger charge is -2.10. The molecule has 0 unspecified atom stereocenters. The molecule has 0 aliphatic rings. The summed E-state index contributed by atoms with van der Waals surface area (Å²) < 4.78 is 5.31. The lowest BCUT2D eigenvalue weighted by molar-refractivity contribution is 0.101. The number of ether oxygens (including phenoxy) is 1. The molecule has 3 heteroatoms. The highest BCUT2D eigenvalue weighted by Gasteiger charge is 2.11. The molecule has 0 aliphatic carbocycles. The Morgan fingerprint density at radius 2 is 1.83 bits per heavy atom. The number of rotatable bonds is 3. The molecule has 0 aromatic heterocycles. The predicted octanol–water partition coefficient (Wildman–Crippen LogP) is 4.22. The summed E-state index contributed by atoms with van der Waals surface area (Å²) in [4.78, 5) is 11.4. The Labute approximate surface area is 111 Å². The van der Waals surface area contributed by atoms with E-state index < -0.39 is 0 Å². The van der Waals surface area contributed by atoms with E-state index in [9.17, 15) is 4.79 Å². The van der Waals surface area contributed by atoms with Crippen molar-refractivity contribution >= 4 is 17.4 Å². The summed E-state index contributed by atoms with van der Waals surface area (Å²) in [6.45, 7) is 1.54. The molecule has 2 rings (SSSR count). The third-order valence-electron chi connectivity index (χ3n) is 2.77. The van der Waals surface area contributed by atoms with Gasteiger partial charge in [-0.2, -0.15) is 0 Å². The maximum absolute atomic E-state index is 11.4. The van der Waals surface area contributed by atoms with Crippen LogP contribution in [0.1, 0.15) is 17.3 Å². The molecule has 0 saturated heterocycles. The van der Waals surface area contributed by atoms with Gasteiger partial charge in [-0.1, -0.05) is 29.8 Å². The second kappa shape index (κ2) is 5.23. The van der Waals surface area contributed by atoms with Crippen LogP contribution in [0.3, 0.4) is 0 Å². The predicted molar refractivity (Wildman–Crippen MR) is 73.4 cm³/mol. The molecule has 0 radical (unpaired) electrons. The highest BCUT2D eigenvalue weighted by molar-refractivity contribution is 6.33. The van der Waals surface area contributed by atoms with Gasteiger partial charge in [-0.15, -0.1) is 0 Å². The number of methoxy groups -OCH3 is 1. The third-order valence-corrected chi connectivity index (χ3v) is 3.10. The normalized spacial score (nSPS) is 10.2. The molecule has 0 fully saturated rings. The second-order valence-corrected chi connectivity index (χ2v) is 4.36. The van der Waals surface area contributed by atoms with Crippen LogP contribution < -0.4 is 4.74 Å². The summed E-state index contributed by atoms with van der Waals surface area (Å²) in [5, 5.41) is 0.601. The molecule has 0 bridgehead atoms. The fourth-order valence-electron chi connectivity index (χ4n) is 1.82. The standard InChI is InChI=1S/C15H13ClO2/c1-10(17)11-7-8-14(16)13(9-11)12-5-3-4-6-15(12)18-2/h3-9H,1-2H3. The number of hydrogen-bond acceptors (Lipinski definition) is 2. The van der Waals surface area contributed by atoms with Gasteiger partial charge in [0, 0.05) is 21.7 Å². The van der Waals surface area contributed by atoms with Crippen LogP contribution in [0, 0.1) is 0 Å². The maximum atomic E-state index is 11.4. The molecule has 0 saturated carbocycles. The van der Waals surface area contributed by atoms with Gasteiger partial charge in [-0.05, 0) is 31.2 Å². The van der Waals surface area contributed by atoms with Crippen LogP contribution >= 0.6 is 11.6 Å². The van der Waals surface area contributed by atoms with Gasteiger partial charge in [0.25, 0.3) is 0 Å². The zero-order chi connectivity index (χ0) is 13.1. The third kappa shape index (κ3) is 2.39. The molecule has 0 spiro atoms. The minimum Gasteiger partial charge on any atom is -0.496 e. The van der Waals surface area contributed by atoms with Crippen LogP contribution in [0.15, 0.2) is 42.5 Å². The first-order valence-electron chi connectivity index (χ1n) is 5.57. The highest BCUT2D eigenvalue weighted by atomic mass is 35.5. The Morgan fingerprint density at radius 3 is 2.50 bits per heavy atom. The molecule has 0 atom stereocenters. The molecule has 92 valence electrons. The smallest absolute Gasteiger partial charge is 0.159 e. The zero-order valence-corrected chi connectivity index (χ0v) is 11.0. The van der Waals surface area contributed by atoms with Gasteiger partial charge in [0.05, 0.1) is 7.11 Å². The first-order chi connectivity index (χ1) is 8.63. The number of carbonyl (C=O) groups is 1. The van der Waals surface area contributed by atoms with Crippen molar-refractivity contribution < 1.29 is 9.53 Å². The average Bonchev–Trinajstić information content (AvgIpc) is 2.39. The van der Waals surface area contributed by atoms with Crippen LogP contribution in [0.5, 0.6) is 5.75 Å². The lowest BCUT2D eigenvalue weighted by atomic mass is 10.0. The van der Waals surface area contributed by atoms with Crippen molar-refractivity contribution in [3.05, 3.63) is 53.1 Å². The van der Waals surface area contributed by atoms with E-state index in [1.54, 1.807) is 25.3 Å². The van der Waals surface area contributed by atoms with Crippen LogP contribution in [-0.2, 0) is 0 Å². The molecule has 0 N–H and O–H groups in total. The topological polar surface area (TPSA) is 26.3 Å². The largest absolute Gasteiger partial charge is 0.496 e. The molecule has 0 amide bonds. The molecule has 18 heavy (non-hydrogen) atoms. The average molecular weight is 261 g/mol. The monoisotopic (exact) mass is 260 g/mol. The Bertz CT molecular complexity index is 591. The fourth-order valence-corrected chi connectivity index (χ4v) is 2.04. The molecule has 0 aliphatic heterocycles. The minimum atomic E-state index is 0.0165. The molecule has 2 nitrogen and oxygen atoms in total. The van der Waals surface area contributed by atoms with E-state index in [0.717, 1.165) is 16.9 Å². The van der Waals surface area contributed by atoms with Crippen LogP contribution in [0.2, 0.25) is 5.02 Å². The number of benzene rings is 2. The molecular weight excluding hydrogens is 248 g/mol. The Kier molecular flexibility index (Phi) is 3.68. The molecular formula is C15H13ClO2. The van der Waals surface area contributed by atoms with Crippen LogP contribution in [0.25, 0.3) is 11.1 Å². The fraction of sp³-hybridized carbons (Fsp3) is 0.133. The summed E-state index contributed by atoms with van der Waals surface area (Å²) in [5.41, 5.74) is 2.33. The number of Topliss-reactive ketones (excluding diaryl/α,β-unsaturated/α-hetero) is 1. The quantitative estimate of drug-likeness (QED) is 0.773. The van der Waals surface area contributed by atoms with Gasteiger partial charge in [0.2, 0.25) is 0 Å². The summed E-state index contributed by atoms with van der Waals surface area (Å²) in [5.74, 6) is 0.753. The molecule has 0 heterocycles. The van der Waals surface area contributed by atoms with Crippen molar-refractivity contribution in [3.63, 3.8) is 0 Å². The van der Waals surface area contributed by atoms with Gasteiger partial charge in [-0.25, -0.2) is 0 Å². The number of ketones is 1. The zero-order valence-electron chi connectivity index (χ0n) is 10.2. The van der Waals surface area contributed by atoms with E-state index in [4.69, 9.17) is 16.3 Å².